The zero-order valence-corrected chi connectivity index (χ0v) is 24.6. The van der Waals surface area contributed by atoms with Gasteiger partial charge in [-0.1, -0.05) is 36.4 Å². The van der Waals surface area contributed by atoms with Gasteiger partial charge in [-0.3, -0.25) is 14.7 Å². The van der Waals surface area contributed by atoms with Crippen molar-refractivity contribution in [3.8, 4) is 23.3 Å². The minimum absolute atomic E-state index is 0.00802. The van der Waals surface area contributed by atoms with E-state index in [9.17, 15) is 10.1 Å². The summed E-state index contributed by atoms with van der Waals surface area (Å²) in [7, 11) is 0. The van der Waals surface area contributed by atoms with E-state index in [0.29, 0.717) is 36.3 Å². The SMILES string of the molecule is N#CCc1cccc2cccc(-c3ncc4c(N5CCCC6(CC(=O)N6)C5)nc(OCC56CCCN5CCC6)nc4c3F)c12. The molecule has 0 bridgehead atoms. The van der Waals surface area contributed by atoms with Crippen LogP contribution < -0.4 is 15.0 Å². The molecule has 0 saturated carbocycles. The average Bonchev–Trinajstić information content (AvgIpc) is 3.60. The number of pyridine rings is 1. The highest BCUT2D eigenvalue weighted by Crippen LogP contribution is 2.41. The fraction of sp³-hybridized carbons (Fsp3) is 0.441. The summed E-state index contributed by atoms with van der Waals surface area (Å²) in [5.41, 5.74) is 1.50. The highest BCUT2D eigenvalue weighted by Gasteiger charge is 2.47. The number of nitrogens with zero attached hydrogens (tertiary/aromatic N) is 6. The number of rotatable bonds is 6. The summed E-state index contributed by atoms with van der Waals surface area (Å²) in [5, 5.41) is 14.8. The van der Waals surface area contributed by atoms with Gasteiger partial charge in [0, 0.05) is 24.8 Å². The molecule has 1 atom stereocenters. The number of ether oxygens (including phenoxy) is 1. The molecule has 0 aliphatic carbocycles. The van der Waals surface area contributed by atoms with Crippen LogP contribution in [-0.4, -0.2) is 69.6 Å². The Bertz CT molecular complexity index is 1830. The molecule has 44 heavy (non-hydrogen) atoms. The minimum Gasteiger partial charge on any atom is -0.461 e. The van der Waals surface area contributed by atoms with Crippen LogP contribution in [0.25, 0.3) is 32.9 Å². The van der Waals surface area contributed by atoms with Crippen molar-refractivity contribution in [3.63, 3.8) is 0 Å². The van der Waals surface area contributed by atoms with E-state index in [-0.39, 0.29) is 40.6 Å². The Balaban J connectivity index is 1.25. The zero-order valence-electron chi connectivity index (χ0n) is 24.6. The molecule has 9 nitrogen and oxygen atoms in total. The number of β-lactam (4-membered cyclic amide) rings is 1. The Morgan fingerprint density at radius 1 is 1.05 bits per heavy atom. The minimum atomic E-state index is -0.541. The van der Waals surface area contributed by atoms with Crippen LogP contribution in [0.4, 0.5) is 10.2 Å². The number of fused-ring (bicyclic) bond motifs is 3. The predicted octanol–water partition coefficient (Wildman–Crippen LogP) is 4.92. The second-order valence-electron chi connectivity index (χ2n) is 12.9. The van der Waals surface area contributed by atoms with Gasteiger partial charge in [0.05, 0.1) is 35.4 Å². The standard InChI is InChI=1S/C34H34FN7O2/c35-28-29(24-9-2-8-22-6-1-7-23(10-14-36)27(22)24)37-19-25-30(28)38-32(44-21-34-12-4-16-42(34)17-5-13-34)39-31(25)41-15-3-11-33(20-41)18-26(43)40-33/h1-2,6-9,19H,3-5,10-13,15-18,20-21H2,(H,40,43). The molecule has 4 aliphatic rings. The lowest BCUT2D eigenvalue weighted by molar-refractivity contribution is -0.133. The van der Waals surface area contributed by atoms with Crippen LogP contribution in [0.3, 0.4) is 0 Å². The Hall–Kier alpha value is -4.36. The number of carbonyl (C=O) groups excluding carboxylic acids is 1. The van der Waals surface area contributed by atoms with E-state index < -0.39 is 5.82 Å². The monoisotopic (exact) mass is 591 g/mol. The third kappa shape index (κ3) is 4.36. The fourth-order valence-electron chi connectivity index (χ4n) is 8.17. The number of aromatic nitrogens is 3. The maximum absolute atomic E-state index is 16.8. The number of anilines is 1. The average molecular weight is 592 g/mol. The van der Waals surface area contributed by atoms with Crippen LogP contribution in [-0.2, 0) is 11.2 Å². The Morgan fingerprint density at radius 3 is 2.59 bits per heavy atom. The van der Waals surface area contributed by atoms with E-state index >= 15 is 4.39 Å². The maximum Gasteiger partial charge on any atom is 0.319 e. The first-order valence-corrected chi connectivity index (χ1v) is 15.7. The topological polar surface area (TPSA) is 107 Å². The lowest BCUT2D eigenvalue weighted by Crippen LogP contribution is -2.68. The van der Waals surface area contributed by atoms with Gasteiger partial charge in [-0.05, 0) is 68.0 Å². The lowest BCUT2D eigenvalue weighted by Gasteiger charge is -2.49. The Labute approximate surface area is 255 Å². The largest absolute Gasteiger partial charge is 0.461 e. The molecule has 4 aromatic rings. The highest BCUT2D eigenvalue weighted by atomic mass is 19.1. The number of carbonyl (C=O) groups is 1. The Kier molecular flexibility index (Phi) is 6.42. The molecule has 1 spiro atoms. The Morgan fingerprint density at radius 2 is 1.82 bits per heavy atom. The lowest BCUT2D eigenvalue weighted by atomic mass is 9.80. The third-order valence-corrected chi connectivity index (χ3v) is 10.2. The van der Waals surface area contributed by atoms with Gasteiger partial charge >= 0.3 is 6.01 Å². The molecular formula is C34H34FN7O2. The molecule has 224 valence electrons. The molecule has 6 heterocycles. The molecule has 1 unspecified atom stereocenters. The first-order chi connectivity index (χ1) is 21.5. The number of nitriles is 1. The maximum atomic E-state index is 16.8. The summed E-state index contributed by atoms with van der Waals surface area (Å²) in [6.45, 7) is 3.95. The van der Waals surface area contributed by atoms with E-state index in [1.54, 1.807) is 6.20 Å². The van der Waals surface area contributed by atoms with Crippen LogP contribution in [0.2, 0.25) is 0 Å². The second kappa shape index (κ2) is 10.4. The summed E-state index contributed by atoms with van der Waals surface area (Å²) >= 11 is 0. The summed E-state index contributed by atoms with van der Waals surface area (Å²) in [6, 6.07) is 13.9. The van der Waals surface area contributed by atoms with Crippen LogP contribution in [0, 0.1) is 17.1 Å². The third-order valence-electron chi connectivity index (χ3n) is 10.2. The number of hydrogen-bond acceptors (Lipinski definition) is 8. The normalized spacial score (nSPS) is 22.6. The van der Waals surface area contributed by atoms with E-state index in [2.05, 4.69) is 26.2 Å². The van der Waals surface area contributed by atoms with Gasteiger partial charge in [-0.25, -0.2) is 4.39 Å². The molecule has 4 aliphatic heterocycles. The molecular weight excluding hydrogens is 557 g/mol. The van der Waals surface area contributed by atoms with Gasteiger partial charge in [0.25, 0.3) is 0 Å². The quantitative estimate of drug-likeness (QED) is 0.315. The van der Waals surface area contributed by atoms with Gasteiger partial charge in [-0.2, -0.15) is 15.2 Å². The van der Waals surface area contributed by atoms with Crippen molar-refractivity contribution >= 4 is 33.4 Å². The smallest absolute Gasteiger partial charge is 0.319 e. The summed E-state index contributed by atoms with van der Waals surface area (Å²) in [6.07, 6.45) is 8.60. The molecule has 2 aromatic carbocycles. The van der Waals surface area contributed by atoms with Crippen molar-refractivity contribution in [2.24, 2.45) is 0 Å². The summed E-state index contributed by atoms with van der Waals surface area (Å²) in [4.78, 5) is 30.8. The predicted molar refractivity (Wildman–Crippen MR) is 165 cm³/mol. The second-order valence-corrected chi connectivity index (χ2v) is 12.9. The van der Waals surface area contributed by atoms with Crippen LogP contribution in [0.5, 0.6) is 6.01 Å². The van der Waals surface area contributed by atoms with Gasteiger partial charge < -0.3 is 15.0 Å². The van der Waals surface area contributed by atoms with Crippen LogP contribution in [0.15, 0.2) is 42.6 Å². The molecule has 4 saturated heterocycles. The number of hydrogen-bond donors (Lipinski definition) is 1. The van der Waals surface area contributed by atoms with Crippen LogP contribution >= 0.6 is 0 Å². The van der Waals surface area contributed by atoms with Crippen molar-refractivity contribution in [1.82, 2.24) is 25.2 Å². The highest BCUT2D eigenvalue weighted by molar-refractivity contribution is 6.01. The van der Waals surface area contributed by atoms with Gasteiger partial charge in [0.15, 0.2) is 5.82 Å². The first-order valence-electron chi connectivity index (χ1n) is 15.7. The van der Waals surface area contributed by atoms with Crippen molar-refractivity contribution < 1.29 is 13.9 Å². The van der Waals surface area contributed by atoms with Crippen LogP contribution in [0.1, 0.15) is 50.5 Å². The van der Waals surface area contributed by atoms with E-state index in [1.165, 1.54) is 0 Å². The number of piperidine rings is 1. The first kappa shape index (κ1) is 27.2. The van der Waals surface area contributed by atoms with E-state index in [1.807, 2.05) is 36.4 Å². The van der Waals surface area contributed by atoms with Crippen molar-refractivity contribution in [2.45, 2.75) is 62.4 Å². The summed E-state index contributed by atoms with van der Waals surface area (Å²) < 4.78 is 23.2. The number of nitrogens with one attached hydrogen (secondary N) is 1. The number of amides is 1. The van der Waals surface area contributed by atoms with Crippen molar-refractivity contribution in [1.29, 1.82) is 5.26 Å². The molecule has 8 rings (SSSR count). The summed E-state index contributed by atoms with van der Waals surface area (Å²) in [5.74, 6) is 0.0995. The molecule has 1 N–H and O–H groups in total. The van der Waals surface area contributed by atoms with E-state index in [4.69, 9.17) is 14.7 Å². The molecule has 10 heteroatoms. The molecule has 2 aromatic heterocycles. The molecule has 1 amide bonds. The van der Waals surface area contributed by atoms with Gasteiger partial charge in [0.2, 0.25) is 5.91 Å². The molecule has 4 fully saturated rings. The zero-order chi connectivity index (χ0) is 29.9. The number of benzene rings is 2. The van der Waals surface area contributed by atoms with Crippen molar-refractivity contribution in [3.05, 3.63) is 54.0 Å². The van der Waals surface area contributed by atoms with Crippen molar-refractivity contribution in [2.75, 3.05) is 37.7 Å². The molecule has 0 radical (unpaired) electrons. The number of halogens is 1. The van der Waals surface area contributed by atoms with Gasteiger partial charge in [-0.15, -0.1) is 0 Å². The van der Waals surface area contributed by atoms with Gasteiger partial charge in [0.1, 0.15) is 23.6 Å². The fourth-order valence-corrected chi connectivity index (χ4v) is 8.17. The van der Waals surface area contributed by atoms with E-state index in [0.717, 1.165) is 74.5 Å².